The van der Waals surface area contributed by atoms with Crippen molar-refractivity contribution in [3.63, 3.8) is 0 Å². The third-order valence-corrected chi connectivity index (χ3v) is 5.40. The highest BCUT2D eigenvalue weighted by Gasteiger charge is 2.61. The lowest BCUT2D eigenvalue weighted by molar-refractivity contribution is -0.203. The summed E-state index contributed by atoms with van der Waals surface area (Å²) in [6.07, 6.45) is 0. The summed E-state index contributed by atoms with van der Waals surface area (Å²) in [5.41, 5.74) is 0.976. The van der Waals surface area contributed by atoms with Gasteiger partial charge in [-0.05, 0) is 33.3 Å². The van der Waals surface area contributed by atoms with Gasteiger partial charge in [0.2, 0.25) is 5.79 Å². The van der Waals surface area contributed by atoms with Crippen LogP contribution >= 0.6 is 11.6 Å². The van der Waals surface area contributed by atoms with E-state index in [1.165, 1.54) is 0 Å². The number of rotatable bonds is 3. The van der Waals surface area contributed by atoms with Crippen LogP contribution in [0, 0.1) is 0 Å². The summed E-state index contributed by atoms with van der Waals surface area (Å²) in [7, 11) is 0. The smallest absolute Gasteiger partial charge is 0.217 e. The lowest BCUT2D eigenvalue weighted by atomic mass is 9.90. The lowest BCUT2D eigenvalue weighted by Gasteiger charge is -2.34. The van der Waals surface area contributed by atoms with E-state index in [2.05, 4.69) is 0 Å². The highest BCUT2D eigenvalue weighted by Crippen LogP contribution is 2.56. The number of benzene rings is 2. The van der Waals surface area contributed by atoms with Crippen LogP contribution in [-0.2, 0) is 15.3 Å². The van der Waals surface area contributed by atoms with Crippen molar-refractivity contribution >= 4 is 11.6 Å². The number of hydrogen-bond acceptors (Lipinski definition) is 2. The molecule has 0 aliphatic carbocycles. The summed E-state index contributed by atoms with van der Waals surface area (Å²) in [4.78, 5) is 0. The first kappa shape index (κ1) is 16.5. The Kier molecular flexibility index (Phi) is 4.04. The molecule has 1 heterocycles. The van der Waals surface area contributed by atoms with Crippen LogP contribution in [-0.4, -0.2) is 11.2 Å². The second kappa shape index (κ2) is 5.62. The Morgan fingerprint density at radius 1 is 0.739 bits per heavy atom. The van der Waals surface area contributed by atoms with Crippen molar-refractivity contribution in [1.82, 2.24) is 0 Å². The molecule has 1 aliphatic rings. The fourth-order valence-corrected chi connectivity index (χ4v) is 3.26. The molecule has 0 spiro atoms. The first-order chi connectivity index (χ1) is 10.8. The second-order valence-electron chi connectivity index (χ2n) is 7.03. The molecular weight excluding hydrogens is 308 g/mol. The fourth-order valence-electron chi connectivity index (χ4n) is 2.90. The molecule has 3 rings (SSSR count). The van der Waals surface area contributed by atoms with Crippen LogP contribution in [0.3, 0.4) is 0 Å². The van der Waals surface area contributed by atoms with E-state index in [9.17, 15) is 0 Å². The van der Waals surface area contributed by atoms with Gasteiger partial charge in [-0.3, -0.25) is 0 Å². The first-order valence-corrected chi connectivity index (χ1v) is 8.37. The Morgan fingerprint density at radius 3 is 1.65 bits per heavy atom. The Labute approximate surface area is 143 Å². The fraction of sp³-hybridized carbons (Fsp3) is 0.400. The van der Waals surface area contributed by atoms with Gasteiger partial charge in [0.25, 0.3) is 0 Å². The minimum atomic E-state index is -1.02. The molecule has 0 radical (unpaired) electrons. The quantitative estimate of drug-likeness (QED) is 0.699. The van der Waals surface area contributed by atoms with Crippen LogP contribution in [0.4, 0.5) is 0 Å². The zero-order valence-electron chi connectivity index (χ0n) is 14.0. The zero-order valence-corrected chi connectivity index (χ0v) is 14.8. The van der Waals surface area contributed by atoms with Crippen molar-refractivity contribution in [2.45, 2.75) is 50.1 Å². The maximum atomic E-state index is 6.91. The molecule has 122 valence electrons. The minimum Gasteiger partial charge on any atom is -0.335 e. The topological polar surface area (TPSA) is 18.5 Å². The molecule has 2 nitrogen and oxygen atoms in total. The van der Waals surface area contributed by atoms with E-state index in [-0.39, 0.29) is 0 Å². The maximum Gasteiger partial charge on any atom is 0.217 e. The van der Waals surface area contributed by atoms with Crippen molar-refractivity contribution in [2.24, 2.45) is 0 Å². The number of halogens is 1. The summed E-state index contributed by atoms with van der Waals surface area (Å²) >= 11 is 6.91. The van der Waals surface area contributed by atoms with Crippen molar-refractivity contribution < 1.29 is 9.47 Å². The van der Waals surface area contributed by atoms with Crippen molar-refractivity contribution in [3.8, 4) is 0 Å². The molecule has 1 aliphatic heterocycles. The van der Waals surface area contributed by atoms with Gasteiger partial charge in [-0.15, -0.1) is 11.6 Å². The molecule has 0 N–H and O–H groups in total. The second-order valence-corrected chi connectivity index (χ2v) is 7.47. The molecule has 1 atom stereocenters. The predicted molar refractivity (Wildman–Crippen MR) is 93.5 cm³/mol. The summed E-state index contributed by atoms with van der Waals surface area (Å²) in [5.74, 6) is -1.02. The Hall–Kier alpha value is -1.35. The maximum absolute atomic E-state index is 6.91. The van der Waals surface area contributed by atoms with Crippen molar-refractivity contribution in [2.75, 3.05) is 0 Å². The standard InChI is InChI=1S/C20H23ClO2/c1-18(2)19(3,4)23-20(22-18,16-13-9-6-10-14-16)17(21)15-11-7-5-8-12-15/h5-14,17H,1-4H3. The van der Waals surface area contributed by atoms with Gasteiger partial charge in [0.05, 0.1) is 11.2 Å². The third-order valence-electron chi connectivity index (χ3n) is 4.87. The van der Waals surface area contributed by atoms with E-state index < -0.39 is 22.4 Å². The van der Waals surface area contributed by atoms with E-state index in [0.29, 0.717) is 0 Å². The van der Waals surface area contributed by atoms with E-state index in [0.717, 1.165) is 11.1 Å². The Balaban J connectivity index is 2.13. The number of ether oxygens (including phenoxy) is 2. The molecule has 0 amide bonds. The Morgan fingerprint density at radius 2 is 1.17 bits per heavy atom. The SMILES string of the molecule is CC1(C)OC(c2ccccc2)(C(Cl)c2ccccc2)OC1(C)C. The summed E-state index contributed by atoms with van der Waals surface area (Å²) in [6.45, 7) is 8.19. The van der Waals surface area contributed by atoms with Gasteiger partial charge in [-0.2, -0.15) is 0 Å². The van der Waals surface area contributed by atoms with Gasteiger partial charge in [-0.25, -0.2) is 0 Å². The van der Waals surface area contributed by atoms with Crippen LogP contribution in [0.15, 0.2) is 60.7 Å². The van der Waals surface area contributed by atoms with Crippen molar-refractivity contribution in [1.29, 1.82) is 0 Å². The molecule has 1 fully saturated rings. The van der Waals surface area contributed by atoms with Crippen LogP contribution in [0.25, 0.3) is 0 Å². The van der Waals surface area contributed by atoms with Gasteiger partial charge in [0.1, 0.15) is 5.38 Å². The predicted octanol–water partition coefficient (Wildman–Crippen LogP) is 5.42. The van der Waals surface area contributed by atoms with Crippen LogP contribution in [0.2, 0.25) is 0 Å². The highest BCUT2D eigenvalue weighted by molar-refractivity contribution is 6.21. The average Bonchev–Trinajstić information content (AvgIpc) is 2.74. The number of hydrogen-bond donors (Lipinski definition) is 0. The van der Waals surface area contributed by atoms with Gasteiger partial charge in [0, 0.05) is 5.56 Å². The largest absolute Gasteiger partial charge is 0.335 e. The number of alkyl halides is 1. The van der Waals surface area contributed by atoms with E-state index in [1.807, 2.05) is 88.4 Å². The van der Waals surface area contributed by atoms with E-state index in [1.54, 1.807) is 0 Å². The molecule has 2 aromatic rings. The molecule has 3 heteroatoms. The summed E-state index contributed by atoms with van der Waals surface area (Å²) < 4.78 is 13.0. The van der Waals surface area contributed by atoms with E-state index in [4.69, 9.17) is 21.1 Å². The van der Waals surface area contributed by atoms with Gasteiger partial charge in [-0.1, -0.05) is 60.7 Å². The molecule has 0 aromatic heterocycles. The summed E-state index contributed by atoms with van der Waals surface area (Å²) in [5, 5.41) is -0.452. The van der Waals surface area contributed by atoms with Gasteiger partial charge >= 0.3 is 0 Å². The van der Waals surface area contributed by atoms with Gasteiger partial charge in [0.15, 0.2) is 0 Å². The highest BCUT2D eigenvalue weighted by atomic mass is 35.5. The summed E-state index contributed by atoms with van der Waals surface area (Å²) in [6, 6.07) is 19.9. The zero-order chi connectivity index (χ0) is 16.7. The molecule has 1 unspecified atom stereocenters. The van der Waals surface area contributed by atoms with Crippen molar-refractivity contribution in [3.05, 3.63) is 71.8 Å². The molecular formula is C20H23ClO2. The first-order valence-electron chi connectivity index (χ1n) is 7.93. The van der Waals surface area contributed by atoms with Crippen LogP contribution < -0.4 is 0 Å². The third kappa shape index (κ3) is 2.69. The average molecular weight is 331 g/mol. The molecule has 23 heavy (non-hydrogen) atoms. The van der Waals surface area contributed by atoms with Crippen LogP contribution in [0.1, 0.15) is 44.2 Å². The normalized spacial score (nSPS) is 22.7. The van der Waals surface area contributed by atoms with Gasteiger partial charge < -0.3 is 9.47 Å². The molecule has 2 aromatic carbocycles. The molecule has 0 saturated carbocycles. The molecule has 0 bridgehead atoms. The minimum absolute atomic E-state index is 0.452. The van der Waals surface area contributed by atoms with Crippen LogP contribution in [0.5, 0.6) is 0 Å². The van der Waals surface area contributed by atoms with E-state index >= 15 is 0 Å². The lowest BCUT2D eigenvalue weighted by Crippen LogP contribution is -2.41. The molecule has 1 saturated heterocycles. The Bertz CT molecular complexity index is 649. The monoisotopic (exact) mass is 330 g/mol.